The first-order valence-corrected chi connectivity index (χ1v) is 6.91. The number of hydrogen-bond donors (Lipinski definition) is 2. The van der Waals surface area contributed by atoms with E-state index in [4.69, 9.17) is 0 Å². The van der Waals surface area contributed by atoms with Crippen LogP contribution in [-0.4, -0.2) is 17.2 Å². The maximum atomic E-state index is 12.0. The Morgan fingerprint density at radius 1 is 1.14 bits per heavy atom. The Morgan fingerprint density at radius 2 is 1.86 bits per heavy atom. The van der Waals surface area contributed by atoms with Crippen molar-refractivity contribution in [2.24, 2.45) is 11.0 Å². The van der Waals surface area contributed by atoms with Gasteiger partial charge in [-0.15, -0.1) is 0 Å². The molecule has 0 spiro atoms. The third-order valence-electron chi connectivity index (χ3n) is 3.67. The van der Waals surface area contributed by atoms with Crippen LogP contribution in [-0.2, 0) is 4.79 Å². The molecule has 0 bridgehead atoms. The second-order valence-corrected chi connectivity index (χ2v) is 5.15. The van der Waals surface area contributed by atoms with Gasteiger partial charge in [0.2, 0.25) is 5.91 Å². The van der Waals surface area contributed by atoms with Crippen molar-refractivity contribution in [1.29, 1.82) is 0 Å². The van der Waals surface area contributed by atoms with Crippen molar-refractivity contribution in [3.8, 4) is 5.75 Å². The Labute approximate surface area is 123 Å². The van der Waals surface area contributed by atoms with Crippen molar-refractivity contribution in [2.45, 2.75) is 12.3 Å². The van der Waals surface area contributed by atoms with E-state index >= 15 is 0 Å². The average Bonchev–Trinajstić information content (AvgIpc) is 3.31. The molecule has 2 N–H and O–H groups in total. The molecule has 1 amide bonds. The number of nitrogens with zero attached hydrogens (tertiary/aromatic N) is 1. The summed E-state index contributed by atoms with van der Waals surface area (Å²) in [5.74, 6) is 0.361. The third kappa shape index (κ3) is 3.11. The van der Waals surface area contributed by atoms with Crippen molar-refractivity contribution in [3.63, 3.8) is 0 Å². The number of para-hydroxylation sites is 1. The van der Waals surface area contributed by atoms with Gasteiger partial charge in [-0.3, -0.25) is 4.79 Å². The van der Waals surface area contributed by atoms with Crippen molar-refractivity contribution in [2.75, 3.05) is 0 Å². The average molecular weight is 280 g/mol. The topological polar surface area (TPSA) is 61.7 Å². The molecule has 106 valence electrons. The first-order chi connectivity index (χ1) is 10.3. The van der Waals surface area contributed by atoms with Gasteiger partial charge in [0, 0.05) is 11.5 Å². The molecule has 0 aliphatic heterocycles. The van der Waals surface area contributed by atoms with Crippen LogP contribution in [0.1, 0.15) is 23.5 Å². The minimum Gasteiger partial charge on any atom is -0.507 e. The normalized spacial score (nSPS) is 20.4. The van der Waals surface area contributed by atoms with E-state index in [1.807, 2.05) is 30.3 Å². The van der Waals surface area contributed by atoms with Crippen molar-refractivity contribution >= 4 is 12.1 Å². The van der Waals surface area contributed by atoms with Gasteiger partial charge in [0.15, 0.2) is 0 Å². The third-order valence-corrected chi connectivity index (χ3v) is 3.67. The van der Waals surface area contributed by atoms with Gasteiger partial charge < -0.3 is 5.11 Å². The van der Waals surface area contributed by atoms with Gasteiger partial charge in [-0.05, 0) is 30.0 Å². The van der Waals surface area contributed by atoms with Gasteiger partial charge in [0.25, 0.3) is 0 Å². The van der Waals surface area contributed by atoms with Gasteiger partial charge in [0.1, 0.15) is 5.75 Å². The van der Waals surface area contributed by atoms with Crippen molar-refractivity contribution in [3.05, 3.63) is 65.7 Å². The van der Waals surface area contributed by atoms with Crippen LogP contribution in [0.3, 0.4) is 0 Å². The fourth-order valence-electron chi connectivity index (χ4n) is 2.40. The molecule has 1 saturated carbocycles. The Hall–Kier alpha value is -2.62. The van der Waals surface area contributed by atoms with E-state index in [9.17, 15) is 9.90 Å². The summed E-state index contributed by atoms with van der Waals surface area (Å²) < 4.78 is 0. The van der Waals surface area contributed by atoms with Crippen LogP contribution in [0.2, 0.25) is 0 Å². The Balaban J connectivity index is 1.56. The van der Waals surface area contributed by atoms with E-state index in [1.54, 1.807) is 24.3 Å². The summed E-state index contributed by atoms with van der Waals surface area (Å²) >= 11 is 0. The first-order valence-electron chi connectivity index (χ1n) is 6.91. The lowest BCUT2D eigenvalue weighted by atomic mass is 10.1. The van der Waals surface area contributed by atoms with Crippen LogP contribution in [0.5, 0.6) is 5.75 Å². The summed E-state index contributed by atoms with van der Waals surface area (Å²) in [5, 5.41) is 13.5. The molecule has 0 unspecified atom stereocenters. The van der Waals surface area contributed by atoms with Crippen LogP contribution in [0.4, 0.5) is 0 Å². The van der Waals surface area contributed by atoms with Crippen LogP contribution in [0, 0.1) is 5.92 Å². The van der Waals surface area contributed by atoms with Crippen LogP contribution in [0.25, 0.3) is 0 Å². The largest absolute Gasteiger partial charge is 0.507 e. The molecule has 1 aliphatic rings. The summed E-state index contributed by atoms with van der Waals surface area (Å²) in [5.41, 5.74) is 4.31. The van der Waals surface area contributed by atoms with E-state index in [0.29, 0.717) is 11.5 Å². The van der Waals surface area contributed by atoms with Gasteiger partial charge in [-0.2, -0.15) is 5.10 Å². The lowest BCUT2D eigenvalue weighted by molar-refractivity contribution is -0.122. The van der Waals surface area contributed by atoms with Crippen LogP contribution in [0.15, 0.2) is 59.7 Å². The summed E-state index contributed by atoms with van der Waals surface area (Å²) in [6, 6.07) is 16.9. The number of nitrogens with one attached hydrogen (secondary N) is 1. The van der Waals surface area contributed by atoms with E-state index in [1.165, 1.54) is 11.8 Å². The Kier molecular flexibility index (Phi) is 3.69. The monoisotopic (exact) mass is 280 g/mol. The molecule has 4 nitrogen and oxygen atoms in total. The summed E-state index contributed by atoms with van der Waals surface area (Å²) in [6.07, 6.45) is 2.31. The molecule has 0 saturated heterocycles. The van der Waals surface area contributed by atoms with E-state index < -0.39 is 0 Å². The van der Waals surface area contributed by atoms with E-state index in [2.05, 4.69) is 10.5 Å². The quantitative estimate of drug-likeness (QED) is 0.668. The summed E-state index contributed by atoms with van der Waals surface area (Å²) in [6.45, 7) is 0. The number of amides is 1. The fourth-order valence-corrected chi connectivity index (χ4v) is 2.40. The molecule has 1 fully saturated rings. The predicted molar refractivity (Wildman–Crippen MR) is 81.1 cm³/mol. The Bertz CT molecular complexity index is 668. The fraction of sp³-hybridized carbons (Fsp3) is 0.176. The number of carbonyl (C=O) groups excluding carboxylic acids is 1. The SMILES string of the molecule is O=C(N/N=C\c1ccccc1O)[C@H]1C[C@@H]1c1ccccc1. The molecule has 21 heavy (non-hydrogen) atoms. The maximum absolute atomic E-state index is 12.0. The molecule has 2 atom stereocenters. The number of aromatic hydroxyl groups is 1. The highest BCUT2D eigenvalue weighted by Gasteiger charge is 2.43. The highest BCUT2D eigenvalue weighted by atomic mass is 16.3. The number of hydrazone groups is 1. The second-order valence-electron chi connectivity index (χ2n) is 5.15. The Morgan fingerprint density at radius 3 is 2.62 bits per heavy atom. The van der Waals surface area contributed by atoms with Crippen molar-refractivity contribution < 1.29 is 9.90 Å². The molecule has 1 aliphatic carbocycles. The number of phenolic OH excluding ortho intramolecular Hbond substituents is 1. The lowest BCUT2D eigenvalue weighted by Crippen LogP contribution is -2.20. The van der Waals surface area contributed by atoms with E-state index in [0.717, 1.165) is 6.42 Å². The number of phenols is 1. The smallest absolute Gasteiger partial charge is 0.243 e. The first kappa shape index (κ1) is 13.4. The highest BCUT2D eigenvalue weighted by Crippen LogP contribution is 2.47. The van der Waals surface area contributed by atoms with Crippen LogP contribution < -0.4 is 5.43 Å². The number of rotatable bonds is 4. The molecule has 0 radical (unpaired) electrons. The van der Waals surface area contributed by atoms with E-state index in [-0.39, 0.29) is 17.6 Å². The standard InChI is InChI=1S/C17H16N2O2/c20-16-9-5-4-8-13(16)11-18-19-17(21)15-10-14(15)12-6-2-1-3-7-12/h1-9,11,14-15,20H,10H2,(H,19,21)/b18-11-/t14-,15+/m1/s1. The maximum Gasteiger partial charge on any atom is 0.243 e. The predicted octanol–water partition coefficient (Wildman–Crippen LogP) is 2.65. The highest BCUT2D eigenvalue weighted by molar-refractivity contribution is 5.86. The molecular weight excluding hydrogens is 264 g/mol. The van der Waals surface area contributed by atoms with Gasteiger partial charge >= 0.3 is 0 Å². The molecule has 2 aromatic rings. The molecule has 0 aromatic heterocycles. The number of hydrogen-bond acceptors (Lipinski definition) is 3. The molecule has 2 aromatic carbocycles. The molecule has 0 heterocycles. The second kappa shape index (κ2) is 5.79. The molecular formula is C17H16N2O2. The minimum absolute atomic E-state index is 0.00563. The minimum atomic E-state index is -0.0736. The zero-order valence-electron chi connectivity index (χ0n) is 11.4. The van der Waals surface area contributed by atoms with Crippen LogP contribution >= 0.6 is 0 Å². The molecule has 3 rings (SSSR count). The zero-order chi connectivity index (χ0) is 14.7. The zero-order valence-corrected chi connectivity index (χ0v) is 11.4. The van der Waals surface area contributed by atoms with Gasteiger partial charge in [-0.25, -0.2) is 5.43 Å². The lowest BCUT2D eigenvalue weighted by Gasteiger charge is -2.00. The summed E-state index contributed by atoms with van der Waals surface area (Å²) in [4.78, 5) is 12.0. The summed E-state index contributed by atoms with van der Waals surface area (Å²) in [7, 11) is 0. The van der Waals surface area contributed by atoms with Gasteiger partial charge in [-0.1, -0.05) is 42.5 Å². The molecule has 4 heteroatoms. The van der Waals surface area contributed by atoms with Gasteiger partial charge in [0.05, 0.1) is 6.21 Å². The number of benzene rings is 2. The number of carbonyl (C=O) groups is 1. The van der Waals surface area contributed by atoms with Crippen molar-refractivity contribution in [1.82, 2.24) is 5.43 Å².